The molecule has 4 nitrogen and oxygen atoms in total. The number of ether oxygens (including phenoxy) is 2. The first-order chi connectivity index (χ1) is 11.1. The largest absolute Gasteiger partial charge is 0.462 e. The quantitative estimate of drug-likeness (QED) is 0.777. The van der Waals surface area contributed by atoms with Crippen molar-refractivity contribution < 1.29 is 19.1 Å². The van der Waals surface area contributed by atoms with E-state index in [0.717, 1.165) is 12.8 Å². The number of thioether (sulfide) groups is 1. The van der Waals surface area contributed by atoms with Crippen LogP contribution < -0.4 is 0 Å². The molecule has 1 aliphatic carbocycles. The summed E-state index contributed by atoms with van der Waals surface area (Å²) in [5.74, 6) is 0.0327. The van der Waals surface area contributed by atoms with Crippen molar-refractivity contribution in [2.45, 2.75) is 49.4 Å². The minimum absolute atomic E-state index is 0.0693. The zero-order chi connectivity index (χ0) is 16.1. The summed E-state index contributed by atoms with van der Waals surface area (Å²) >= 11 is 1.94. The summed E-state index contributed by atoms with van der Waals surface area (Å²) in [7, 11) is 0. The maximum atomic E-state index is 11.5. The Morgan fingerprint density at radius 3 is 1.74 bits per heavy atom. The summed E-state index contributed by atoms with van der Waals surface area (Å²) in [6, 6.07) is 8.51. The van der Waals surface area contributed by atoms with Gasteiger partial charge in [-0.3, -0.25) is 9.59 Å². The van der Waals surface area contributed by atoms with Gasteiger partial charge in [-0.15, -0.1) is 11.8 Å². The highest BCUT2D eigenvalue weighted by atomic mass is 32.2. The standard InChI is InChI=1S/C18H20O4S/c1-9(19)21-13-7-8-14(22-10(2)20)16-15(13)17-11-5-3-4-6-12(11)18(16)23-17/h3-6,13-18H,7-8H2,1-2H3/t13-,14+,15?,16?,17-,18+. The van der Waals surface area contributed by atoms with Crippen LogP contribution in [0.3, 0.4) is 0 Å². The molecule has 6 atom stereocenters. The molecule has 0 spiro atoms. The molecule has 5 heteroatoms. The molecule has 2 aliphatic heterocycles. The fraction of sp³-hybridized carbons (Fsp3) is 0.556. The van der Waals surface area contributed by atoms with Crippen molar-refractivity contribution in [2.24, 2.45) is 11.8 Å². The van der Waals surface area contributed by atoms with Gasteiger partial charge in [0.2, 0.25) is 0 Å². The molecule has 2 bridgehead atoms. The molecule has 1 aromatic carbocycles. The smallest absolute Gasteiger partial charge is 0.302 e. The Hall–Kier alpha value is -1.49. The first-order valence-electron chi connectivity index (χ1n) is 8.15. The number of rotatable bonds is 2. The van der Waals surface area contributed by atoms with Crippen molar-refractivity contribution in [1.29, 1.82) is 0 Å². The number of benzene rings is 1. The van der Waals surface area contributed by atoms with E-state index in [2.05, 4.69) is 24.3 Å². The maximum Gasteiger partial charge on any atom is 0.302 e. The minimum Gasteiger partial charge on any atom is -0.462 e. The molecule has 2 heterocycles. The SMILES string of the molecule is CC(=O)O[C@H]1CC[C@@H](OC(C)=O)C2C1[C@H]1S[C@@H]2c2ccccc21. The molecule has 0 amide bonds. The van der Waals surface area contributed by atoms with Gasteiger partial charge in [-0.2, -0.15) is 0 Å². The van der Waals surface area contributed by atoms with Gasteiger partial charge in [0.1, 0.15) is 12.2 Å². The fourth-order valence-corrected chi connectivity index (χ4v) is 6.75. The topological polar surface area (TPSA) is 52.6 Å². The van der Waals surface area contributed by atoms with Gasteiger partial charge in [-0.1, -0.05) is 24.3 Å². The Kier molecular flexibility index (Phi) is 3.63. The first kappa shape index (κ1) is 15.1. The molecule has 1 saturated carbocycles. The molecule has 2 unspecified atom stereocenters. The molecule has 1 saturated heterocycles. The number of carbonyl (C=O) groups is 2. The van der Waals surface area contributed by atoms with E-state index in [1.54, 1.807) is 0 Å². The summed E-state index contributed by atoms with van der Waals surface area (Å²) < 4.78 is 11.3. The van der Waals surface area contributed by atoms with Gasteiger partial charge >= 0.3 is 11.9 Å². The van der Waals surface area contributed by atoms with Gasteiger partial charge < -0.3 is 9.47 Å². The normalized spacial score (nSPS) is 37.0. The summed E-state index contributed by atoms with van der Waals surface area (Å²) in [4.78, 5) is 23.0. The molecule has 23 heavy (non-hydrogen) atoms. The number of esters is 2. The van der Waals surface area contributed by atoms with E-state index in [-0.39, 0.29) is 36.0 Å². The van der Waals surface area contributed by atoms with Crippen LogP contribution in [-0.2, 0) is 19.1 Å². The zero-order valence-corrected chi connectivity index (χ0v) is 14.0. The van der Waals surface area contributed by atoms with Crippen molar-refractivity contribution in [3.8, 4) is 0 Å². The predicted molar refractivity (Wildman–Crippen MR) is 86.8 cm³/mol. The predicted octanol–water partition coefficient (Wildman–Crippen LogP) is 3.42. The number of fused-ring (bicyclic) bond motifs is 8. The highest BCUT2D eigenvalue weighted by Gasteiger charge is 2.59. The van der Waals surface area contributed by atoms with E-state index in [1.807, 2.05) is 11.8 Å². The maximum absolute atomic E-state index is 11.5. The molecule has 2 fully saturated rings. The van der Waals surface area contributed by atoms with E-state index in [9.17, 15) is 9.59 Å². The number of carbonyl (C=O) groups excluding carboxylic acids is 2. The molecule has 1 aromatic rings. The zero-order valence-electron chi connectivity index (χ0n) is 13.2. The van der Waals surface area contributed by atoms with Crippen LogP contribution in [0, 0.1) is 11.8 Å². The Balaban J connectivity index is 1.71. The average molecular weight is 332 g/mol. The van der Waals surface area contributed by atoms with E-state index in [0.29, 0.717) is 10.5 Å². The lowest BCUT2D eigenvalue weighted by Gasteiger charge is -2.43. The Bertz CT molecular complexity index is 603. The minimum atomic E-state index is -0.222. The van der Waals surface area contributed by atoms with Gasteiger partial charge in [0.25, 0.3) is 0 Å². The van der Waals surface area contributed by atoms with Crippen LogP contribution in [0.5, 0.6) is 0 Å². The molecular weight excluding hydrogens is 312 g/mol. The van der Waals surface area contributed by atoms with Crippen molar-refractivity contribution in [3.05, 3.63) is 35.4 Å². The van der Waals surface area contributed by atoms with E-state index in [4.69, 9.17) is 9.47 Å². The van der Waals surface area contributed by atoms with Gasteiger partial charge in [-0.25, -0.2) is 0 Å². The second-order valence-corrected chi connectivity index (χ2v) is 7.92. The van der Waals surface area contributed by atoms with E-state index in [1.165, 1.54) is 25.0 Å². The first-order valence-corrected chi connectivity index (χ1v) is 9.09. The third-order valence-corrected chi connectivity index (χ3v) is 7.00. The highest BCUT2D eigenvalue weighted by molar-refractivity contribution is 8.00. The van der Waals surface area contributed by atoms with Gasteiger partial charge in [0, 0.05) is 36.2 Å². The third-order valence-electron chi connectivity index (χ3n) is 5.27. The second kappa shape index (κ2) is 5.55. The van der Waals surface area contributed by atoms with Crippen LogP contribution in [0.2, 0.25) is 0 Å². The lowest BCUT2D eigenvalue weighted by atomic mass is 9.66. The highest BCUT2D eigenvalue weighted by Crippen LogP contribution is 2.70. The molecule has 3 aliphatic rings. The molecule has 122 valence electrons. The number of hydrogen-bond acceptors (Lipinski definition) is 5. The van der Waals surface area contributed by atoms with Crippen LogP contribution in [0.4, 0.5) is 0 Å². The van der Waals surface area contributed by atoms with Crippen LogP contribution in [0.15, 0.2) is 24.3 Å². The van der Waals surface area contributed by atoms with Crippen LogP contribution in [0.25, 0.3) is 0 Å². The third kappa shape index (κ3) is 2.36. The molecule has 0 aromatic heterocycles. The lowest BCUT2D eigenvalue weighted by molar-refractivity contribution is -0.166. The Morgan fingerprint density at radius 1 is 0.913 bits per heavy atom. The van der Waals surface area contributed by atoms with E-state index >= 15 is 0 Å². The molecule has 4 rings (SSSR count). The van der Waals surface area contributed by atoms with Crippen LogP contribution in [-0.4, -0.2) is 24.1 Å². The summed E-state index contributed by atoms with van der Waals surface area (Å²) in [5.41, 5.74) is 2.73. The van der Waals surface area contributed by atoms with Crippen molar-refractivity contribution in [3.63, 3.8) is 0 Å². The van der Waals surface area contributed by atoms with Crippen molar-refractivity contribution in [2.75, 3.05) is 0 Å². The lowest BCUT2D eigenvalue weighted by Crippen LogP contribution is -2.46. The molecule has 0 radical (unpaired) electrons. The van der Waals surface area contributed by atoms with Crippen molar-refractivity contribution in [1.82, 2.24) is 0 Å². The van der Waals surface area contributed by atoms with Crippen LogP contribution in [0.1, 0.15) is 48.3 Å². The molecular formula is C18H20O4S. The second-order valence-electron chi connectivity index (χ2n) is 6.63. The number of hydrogen-bond donors (Lipinski definition) is 0. The Labute approximate surface area is 139 Å². The summed E-state index contributed by atoms with van der Waals surface area (Å²) in [6.45, 7) is 2.95. The van der Waals surface area contributed by atoms with Gasteiger partial charge in [0.05, 0.1) is 0 Å². The average Bonchev–Trinajstić information content (AvgIpc) is 3.06. The van der Waals surface area contributed by atoms with E-state index < -0.39 is 0 Å². The summed E-state index contributed by atoms with van der Waals surface area (Å²) in [6.07, 6.45) is 1.40. The van der Waals surface area contributed by atoms with Gasteiger partial charge in [-0.05, 0) is 24.0 Å². The van der Waals surface area contributed by atoms with Gasteiger partial charge in [0.15, 0.2) is 0 Å². The summed E-state index contributed by atoms with van der Waals surface area (Å²) in [5, 5.41) is 0.674. The monoisotopic (exact) mass is 332 g/mol. The Morgan fingerprint density at radius 2 is 1.35 bits per heavy atom. The van der Waals surface area contributed by atoms with Crippen LogP contribution >= 0.6 is 11.8 Å². The molecule has 0 N–H and O–H groups in total. The fourth-order valence-electron chi connectivity index (χ4n) is 4.63. The van der Waals surface area contributed by atoms with Crippen molar-refractivity contribution >= 4 is 23.7 Å².